The number of hydrogen-bond acceptors (Lipinski definition) is 6. The minimum atomic E-state index is -2.04. The quantitative estimate of drug-likeness (QED) is 0.690. The molecule has 2 aromatic rings. The summed E-state index contributed by atoms with van der Waals surface area (Å²) in [5, 5.41) is 23.3. The maximum Gasteiger partial charge on any atom is 0.421 e. The van der Waals surface area contributed by atoms with Crippen LogP contribution in [0.3, 0.4) is 0 Å². The number of ether oxygens (including phenoxy) is 1. The van der Waals surface area contributed by atoms with E-state index < -0.39 is 39.8 Å². The summed E-state index contributed by atoms with van der Waals surface area (Å²) in [4.78, 5) is 41.5. The number of carbonyl (C=O) groups is 3. The van der Waals surface area contributed by atoms with Crippen molar-refractivity contribution in [1.82, 2.24) is 0 Å². The van der Waals surface area contributed by atoms with Crippen molar-refractivity contribution in [2.24, 2.45) is 5.41 Å². The normalized spacial score (nSPS) is 26.2. The zero-order valence-corrected chi connectivity index (χ0v) is 17.6. The Balaban J connectivity index is 1.83. The number of carbonyl (C=O) groups excluding carboxylic acids is 3. The lowest BCUT2D eigenvalue weighted by Crippen LogP contribution is -2.44. The number of hydrogen-bond donors (Lipinski definition) is 1. The second-order valence-electron chi connectivity index (χ2n) is 9.11. The summed E-state index contributed by atoms with van der Waals surface area (Å²) >= 11 is 0. The van der Waals surface area contributed by atoms with Crippen LogP contribution in [0.5, 0.6) is 0 Å². The van der Waals surface area contributed by atoms with E-state index in [2.05, 4.69) is 5.32 Å². The van der Waals surface area contributed by atoms with E-state index in [1.807, 2.05) is 12.1 Å². The fraction of sp³-hybridized carbons (Fsp3) is 0.292. The van der Waals surface area contributed by atoms with E-state index in [1.54, 1.807) is 69.3 Å². The summed E-state index contributed by atoms with van der Waals surface area (Å²) < 4.78 is 5.45. The first kappa shape index (κ1) is 19.8. The third-order valence-electron chi connectivity index (χ3n) is 6.53. The number of nitrogens with one attached hydrogen (secondary N) is 1. The Morgan fingerprint density at radius 3 is 2.19 bits per heavy atom. The highest BCUT2D eigenvalue weighted by atomic mass is 16.6. The molecule has 2 atom stereocenters. The average Bonchev–Trinajstić information content (AvgIpc) is 3.02. The Labute approximate surface area is 184 Å². The number of anilines is 2. The van der Waals surface area contributed by atoms with Crippen molar-refractivity contribution >= 4 is 29.3 Å². The summed E-state index contributed by atoms with van der Waals surface area (Å²) in [5.74, 6) is -1.43. The predicted octanol–water partition coefficient (Wildman–Crippen LogP) is 3.14. The van der Waals surface area contributed by atoms with Crippen molar-refractivity contribution in [2.75, 3.05) is 10.2 Å². The predicted molar refractivity (Wildman–Crippen MR) is 112 cm³/mol. The molecule has 2 heterocycles. The monoisotopic (exact) mass is 426 g/mol. The molecule has 158 valence electrons. The van der Waals surface area contributed by atoms with Gasteiger partial charge in [-0.05, 0) is 44.0 Å². The Morgan fingerprint density at radius 1 is 0.969 bits per heavy atom. The van der Waals surface area contributed by atoms with Crippen LogP contribution in [-0.2, 0) is 25.2 Å². The minimum Gasteiger partial charge on any atom is -0.443 e. The topological polar surface area (TPSA) is 123 Å². The summed E-state index contributed by atoms with van der Waals surface area (Å²) in [6.07, 6.45) is -0.926. The smallest absolute Gasteiger partial charge is 0.421 e. The van der Waals surface area contributed by atoms with Crippen LogP contribution in [0.4, 0.5) is 16.2 Å². The Hall–Kier alpha value is -4.17. The van der Waals surface area contributed by atoms with E-state index >= 15 is 0 Å². The van der Waals surface area contributed by atoms with Crippen LogP contribution in [0.1, 0.15) is 31.9 Å². The first-order chi connectivity index (χ1) is 15.1. The van der Waals surface area contributed by atoms with Gasteiger partial charge in [0.15, 0.2) is 5.41 Å². The molecule has 0 aromatic heterocycles. The summed E-state index contributed by atoms with van der Waals surface area (Å²) in [6, 6.07) is 17.1. The van der Waals surface area contributed by atoms with E-state index in [-0.39, 0.29) is 11.3 Å². The lowest BCUT2D eigenvalue weighted by Gasteiger charge is -2.24. The highest BCUT2D eigenvalue weighted by molar-refractivity contribution is 6.31. The Morgan fingerprint density at radius 2 is 1.56 bits per heavy atom. The number of amides is 3. The van der Waals surface area contributed by atoms with Gasteiger partial charge in [-0.15, -0.1) is 0 Å². The molecule has 3 aliphatic rings. The molecule has 2 aromatic carbocycles. The third kappa shape index (κ3) is 1.81. The lowest BCUT2D eigenvalue weighted by atomic mass is 9.83. The molecule has 2 aliphatic heterocycles. The summed E-state index contributed by atoms with van der Waals surface area (Å²) in [7, 11) is 0. The number of imide groups is 1. The second kappa shape index (κ2) is 5.74. The zero-order valence-electron chi connectivity index (χ0n) is 17.6. The molecular weight excluding hydrogens is 408 g/mol. The maximum atomic E-state index is 14.1. The van der Waals surface area contributed by atoms with Gasteiger partial charge in [-0.1, -0.05) is 36.4 Å². The van der Waals surface area contributed by atoms with Gasteiger partial charge >= 0.3 is 6.09 Å². The van der Waals surface area contributed by atoms with Gasteiger partial charge in [0.25, 0.3) is 5.91 Å². The van der Waals surface area contributed by atoms with Crippen molar-refractivity contribution in [1.29, 1.82) is 10.5 Å². The van der Waals surface area contributed by atoms with E-state index in [9.17, 15) is 24.9 Å². The Bertz CT molecular complexity index is 1310. The van der Waals surface area contributed by atoms with E-state index in [0.717, 1.165) is 4.90 Å². The molecule has 0 radical (unpaired) electrons. The fourth-order valence-corrected chi connectivity index (χ4v) is 5.52. The van der Waals surface area contributed by atoms with Gasteiger partial charge in [-0.2, -0.15) is 10.5 Å². The van der Waals surface area contributed by atoms with Gasteiger partial charge in [0, 0.05) is 5.69 Å². The van der Waals surface area contributed by atoms with Crippen LogP contribution < -0.4 is 10.2 Å². The molecule has 0 saturated heterocycles. The van der Waals surface area contributed by atoms with Crippen LogP contribution in [0.15, 0.2) is 48.5 Å². The maximum absolute atomic E-state index is 14.1. The molecule has 1 fully saturated rings. The molecule has 8 nitrogen and oxygen atoms in total. The molecule has 0 bridgehead atoms. The molecule has 1 N–H and O–H groups in total. The van der Waals surface area contributed by atoms with Gasteiger partial charge in [-0.25, -0.2) is 9.69 Å². The molecule has 3 amide bonds. The van der Waals surface area contributed by atoms with Gasteiger partial charge in [0.2, 0.25) is 5.91 Å². The molecule has 8 heteroatoms. The first-order valence-electron chi connectivity index (χ1n) is 10.0. The number of benzene rings is 2. The van der Waals surface area contributed by atoms with Crippen LogP contribution in [0.25, 0.3) is 0 Å². The average molecular weight is 426 g/mol. The number of nitrogens with zero attached hydrogens (tertiary/aromatic N) is 3. The lowest BCUT2D eigenvalue weighted by molar-refractivity contribution is -0.124. The first-order valence-corrected chi connectivity index (χ1v) is 10.0. The highest BCUT2D eigenvalue weighted by Crippen LogP contribution is 2.83. The van der Waals surface area contributed by atoms with Crippen molar-refractivity contribution in [3.05, 3.63) is 59.7 Å². The molecule has 32 heavy (non-hydrogen) atoms. The van der Waals surface area contributed by atoms with Crippen molar-refractivity contribution in [3.8, 4) is 12.1 Å². The van der Waals surface area contributed by atoms with Crippen LogP contribution in [0.2, 0.25) is 0 Å². The number of rotatable bonds is 0. The van der Waals surface area contributed by atoms with Crippen molar-refractivity contribution < 1.29 is 19.1 Å². The van der Waals surface area contributed by atoms with E-state index in [4.69, 9.17) is 4.74 Å². The van der Waals surface area contributed by atoms with Gasteiger partial charge in [-0.3, -0.25) is 9.59 Å². The molecule has 0 unspecified atom stereocenters. The molecule has 5 rings (SSSR count). The third-order valence-corrected chi connectivity index (χ3v) is 6.53. The van der Waals surface area contributed by atoms with E-state index in [1.165, 1.54) is 0 Å². The second-order valence-corrected chi connectivity index (χ2v) is 9.11. The highest BCUT2D eigenvalue weighted by Gasteiger charge is 3.00. The van der Waals surface area contributed by atoms with Gasteiger partial charge < -0.3 is 10.1 Å². The largest absolute Gasteiger partial charge is 0.443 e. The Kier molecular flexibility index (Phi) is 3.55. The van der Waals surface area contributed by atoms with E-state index in [0.29, 0.717) is 11.3 Å². The molecule has 1 saturated carbocycles. The van der Waals surface area contributed by atoms with Crippen LogP contribution in [0, 0.1) is 28.1 Å². The molecular formula is C24H18N4O4. The summed E-state index contributed by atoms with van der Waals surface area (Å²) in [5.41, 5.74) is -5.28. The SMILES string of the molecule is CC(C)(C)OC(=O)N1C(=O)[C@]2(c3ccccc31)C(C#N)(C#N)[C@@]21C(=O)Nc2ccccc21. The standard InChI is InChI=1S/C24H18N4O4/c1-21(2,3)32-20(31)28-17-11-7-5-9-15(17)24(19(28)30)22(12-25,13-26)23(24)14-8-4-6-10-16(14)27-18(23)29/h4-11H,1-3H3,(H,27,29)/t23-,24-/m1/s1. The summed E-state index contributed by atoms with van der Waals surface area (Å²) in [6.45, 7) is 5.00. The minimum absolute atomic E-state index is 0.204. The number of nitriles is 2. The van der Waals surface area contributed by atoms with Crippen molar-refractivity contribution in [2.45, 2.75) is 37.2 Å². The van der Waals surface area contributed by atoms with Gasteiger partial charge in [0.1, 0.15) is 16.4 Å². The fourth-order valence-electron chi connectivity index (χ4n) is 5.52. The van der Waals surface area contributed by atoms with Crippen molar-refractivity contribution in [3.63, 3.8) is 0 Å². The van der Waals surface area contributed by atoms with Crippen LogP contribution >= 0.6 is 0 Å². The zero-order chi connectivity index (χ0) is 23.1. The van der Waals surface area contributed by atoms with Crippen LogP contribution in [-0.4, -0.2) is 23.5 Å². The number of fused-ring (bicyclic) bond motifs is 5. The van der Waals surface area contributed by atoms with Gasteiger partial charge in [0.05, 0.1) is 17.8 Å². The molecule has 1 aliphatic carbocycles. The number of para-hydroxylation sites is 2. The molecule has 2 spiro atoms.